The summed E-state index contributed by atoms with van der Waals surface area (Å²) in [6, 6.07) is 7.29. The first kappa shape index (κ1) is 13.4. The van der Waals surface area contributed by atoms with Crippen molar-refractivity contribution < 1.29 is 14.3 Å². The molecule has 5 heteroatoms. The van der Waals surface area contributed by atoms with E-state index in [4.69, 9.17) is 4.74 Å². The van der Waals surface area contributed by atoms with Gasteiger partial charge in [0.15, 0.2) is 6.10 Å². The summed E-state index contributed by atoms with van der Waals surface area (Å²) in [6.07, 6.45) is -0.568. The van der Waals surface area contributed by atoms with Crippen LogP contribution in [0.2, 0.25) is 0 Å². The Labute approximate surface area is 112 Å². The zero-order chi connectivity index (χ0) is 14.0. The van der Waals surface area contributed by atoms with Crippen LogP contribution in [0.3, 0.4) is 0 Å². The molecule has 0 unspecified atom stereocenters. The minimum absolute atomic E-state index is 0.0156. The molecule has 1 N–H and O–H groups in total. The van der Waals surface area contributed by atoms with Crippen molar-refractivity contribution in [3.8, 4) is 5.75 Å². The molecule has 1 aromatic rings. The molecule has 5 nitrogen and oxygen atoms in total. The Hall–Kier alpha value is -2.04. The quantitative estimate of drug-likeness (QED) is 0.894. The normalized spacial score (nSPS) is 18.0. The van der Waals surface area contributed by atoms with E-state index in [1.807, 2.05) is 26.0 Å². The van der Waals surface area contributed by atoms with Crippen molar-refractivity contribution in [1.29, 1.82) is 0 Å². The summed E-state index contributed by atoms with van der Waals surface area (Å²) >= 11 is 0. The van der Waals surface area contributed by atoms with Crippen LogP contribution in [-0.2, 0) is 9.59 Å². The van der Waals surface area contributed by atoms with Gasteiger partial charge in [0.1, 0.15) is 12.3 Å². The molecule has 0 aromatic heterocycles. The largest absolute Gasteiger partial charge is 0.479 e. The van der Waals surface area contributed by atoms with Crippen molar-refractivity contribution in [2.45, 2.75) is 32.9 Å². The molecular weight excluding hydrogens is 244 g/mol. The Morgan fingerprint density at radius 1 is 1.42 bits per heavy atom. The lowest BCUT2D eigenvalue weighted by Crippen LogP contribution is -2.49. The van der Waals surface area contributed by atoms with Crippen LogP contribution in [0.1, 0.15) is 20.8 Å². The number of carbonyl (C=O) groups is 2. The van der Waals surface area contributed by atoms with Gasteiger partial charge in [-0.3, -0.25) is 14.5 Å². The van der Waals surface area contributed by atoms with Crippen LogP contribution in [0.4, 0.5) is 5.69 Å². The number of hydrogen-bond donors (Lipinski definition) is 1. The lowest BCUT2D eigenvalue weighted by Gasteiger charge is -2.32. The molecule has 1 aromatic carbocycles. The fraction of sp³-hybridized carbons (Fsp3) is 0.429. The van der Waals surface area contributed by atoms with Crippen LogP contribution >= 0.6 is 0 Å². The van der Waals surface area contributed by atoms with Gasteiger partial charge in [0.25, 0.3) is 5.91 Å². The second-order valence-corrected chi connectivity index (χ2v) is 4.87. The molecule has 0 spiro atoms. The van der Waals surface area contributed by atoms with Gasteiger partial charge in [-0.2, -0.15) is 0 Å². The van der Waals surface area contributed by atoms with E-state index in [1.54, 1.807) is 19.1 Å². The average Bonchev–Trinajstić information content (AvgIpc) is 2.34. The van der Waals surface area contributed by atoms with E-state index in [-0.39, 0.29) is 24.4 Å². The highest BCUT2D eigenvalue weighted by Crippen LogP contribution is 2.33. The molecule has 0 radical (unpaired) electrons. The van der Waals surface area contributed by atoms with Gasteiger partial charge in [-0.25, -0.2) is 0 Å². The minimum Gasteiger partial charge on any atom is -0.479 e. The lowest BCUT2D eigenvalue weighted by atomic mass is 10.2. The van der Waals surface area contributed by atoms with E-state index < -0.39 is 6.10 Å². The number of carbonyl (C=O) groups excluding carboxylic acids is 2. The molecule has 0 saturated heterocycles. The summed E-state index contributed by atoms with van der Waals surface area (Å²) in [5.41, 5.74) is 0.643. The number of nitrogens with one attached hydrogen (secondary N) is 1. The van der Waals surface area contributed by atoms with Gasteiger partial charge in [0.05, 0.1) is 5.69 Å². The van der Waals surface area contributed by atoms with Gasteiger partial charge in [0.2, 0.25) is 5.91 Å². The van der Waals surface area contributed by atoms with Gasteiger partial charge in [0, 0.05) is 6.04 Å². The number of rotatable bonds is 3. The second-order valence-electron chi connectivity index (χ2n) is 4.87. The Morgan fingerprint density at radius 3 is 2.79 bits per heavy atom. The number of benzene rings is 1. The fourth-order valence-electron chi connectivity index (χ4n) is 2.03. The topological polar surface area (TPSA) is 58.6 Å². The van der Waals surface area contributed by atoms with Crippen molar-refractivity contribution in [3.63, 3.8) is 0 Å². The molecule has 1 aliphatic heterocycles. The maximum absolute atomic E-state index is 12.1. The van der Waals surface area contributed by atoms with E-state index >= 15 is 0 Å². The summed E-state index contributed by atoms with van der Waals surface area (Å²) in [6.45, 7) is 5.47. The molecule has 0 saturated carbocycles. The number of ether oxygens (including phenoxy) is 1. The van der Waals surface area contributed by atoms with Crippen LogP contribution < -0.4 is 15.0 Å². The standard InChI is InChI=1S/C14H18N2O3/c1-9(2)15-13(17)8-16-11-6-4-5-7-12(11)19-10(3)14(16)18/h4-7,9-10H,8H2,1-3H3,(H,15,17)/t10-/m1/s1. The molecule has 102 valence electrons. The zero-order valence-corrected chi connectivity index (χ0v) is 11.3. The third-order valence-electron chi connectivity index (χ3n) is 2.82. The molecule has 0 bridgehead atoms. The van der Waals surface area contributed by atoms with Crippen LogP contribution in [0.15, 0.2) is 24.3 Å². The van der Waals surface area contributed by atoms with E-state index in [0.29, 0.717) is 11.4 Å². The van der Waals surface area contributed by atoms with Crippen molar-refractivity contribution in [2.24, 2.45) is 0 Å². The second kappa shape index (κ2) is 5.30. The number of amides is 2. The smallest absolute Gasteiger partial charge is 0.268 e. The number of nitrogens with zero attached hydrogens (tertiary/aromatic N) is 1. The molecule has 1 aliphatic rings. The van der Waals surface area contributed by atoms with E-state index in [9.17, 15) is 9.59 Å². The molecule has 0 aliphatic carbocycles. The predicted octanol–water partition coefficient (Wildman–Crippen LogP) is 1.33. The van der Waals surface area contributed by atoms with Crippen molar-refractivity contribution in [2.75, 3.05) is 11.4 Å². The summed E-state index contributed by atoms with van der Waals surface area (Å²) in [5.74, 6) is 0.261. The van der Waals surface area contributed by atoms with Gasteiger partial charge < -0.3 is 10.1 Å². The van der Waals surface area contributed by atoms with E-state index in [0.717, 1.165) is 0 Å². The number of fused-ring (bicyclic) bond motifs is 1. The zero-order valence-electron chi connectivity index (χ0n) is 11.3. The minimum atomic E-state index is -0.568. The molecule has 2 amide bonds. The first-order chi connectivity index (χ1) is 8.99. The van der Waals surface area contributed by atoms with Crippen LogP contribution in [0.5, 0.6) is 5.75 Å². The summed E-state index contributed by atoms with van der Waals surface area (Å²) in [5, 5.41) is 2.78. The molecule has 19 heavy (non-hydrogen) atoms. The molecule has 2 rings (SSSR count). The number of para-hydroxylation sites is 2. The maximum Gasteiger partial charge on any atom is 0.268 e. The van der Waals surface area contributed by atoms with E-state index in [1.165, 1.54) is 4.90 Å². The Balaban J connectivity index is 2.23. The monoisotopic (exact) mass is 262 g/mol. The lowest BCUT2D eigenvalue weighted by molar-refractivity contribution is -0.128. The van der Waals surface area contributed by atoms with Crippen molar-refractivity contribution in [3.05, 3.63) is 24.3 Å². The third-order valence-corrected chi connectivity index (χ3v) is 2.82. The van der Waals surface area contributed by atoms with Crippen LogP contribution in [0.25, 0.3) is 0 Å². The summed E-state index contributed by atoms with van der Waals surface area (Å²) < 4.78 is 5.51. The predicted molar refractivity (Wildman–Crippen MR) is 72.2 cm³/mol. The molecule has 0 fully saturated rings. The first-order valence-corrected chi connectivity index (χ1v) is 6.35. The van der Waals surface area contributed by atoms with Gasteiger partial charge in [-0.1, -0.05) is 12.1 Å². The highest BCUT2D eigenvalue weighted by molar-refractivity contribution is 6.03. The van der Waals surface area contributed by atoms with Crippen LogP contribution in [-0.4, -0.2) is 30.5 Å². The molecule has 1 atom stereocenters. The molecule has 1 heterocycles. The number of hydrogen-bond acceptors (Lipinski definition) is 3. The van der Waals surface area contributed by atoms with Crippen molar-refractivity contribution >= 4 is 17.5 Å². The van der Waals surface area contributed by atoms with E-state index in [2.05, 4.69) is 5.32 Å². The Kier molecular flexibility index (Phi) is 3.74. The third kappa shape index (κ3) is 2.86. The maximum atomic E-state index is 12.1. The SMILES string of the molecule is CC(C)NC(=O)CN1C(=O)[C@@H](C)Oc2ccccc21. The average molecular weight is 262 g/mol. The van der Waals surface area contributed by atoms with Crippen molar-refractivity contribution in [1.82, 2.24) is 5.32 Å². The first-order valence-electron chi connectivity index (χ1n) is 6.35. The van der Waals surface area contributed by atoms with Gasteiger partial charge >= 0.3 is 0 Å². The van der Waals surface area contributed by atoms with Crippen LogP contribution in [0, 0.1) is 0 Å². The number of anilines is 1. The Bertz CT molecular complexity index is 499. The van der Waals surface area contributed by atoms with Gasteiger partial charge in [-0.15, -0.1) is 0 Å². The highest BCUT2D eigenvalue weighted by Gasteiger charge is 2.32. The molecular formula is C14H18N2O3. The summed E-state index contributed by atoms with van der Waals surface area (Å²) in [7, 11) is 0. The highest BCUT2D eigenvalue weighted by atomic mass is 16.5. The Morgan fingerprint density at radius 2 is 2.11 bits per heavy atom. The fourth-order valence-corrected chi connectivity index (χ4v) is 2.03. The van der Waals surface area contributed by atoms with Gasteiger partial charge in [-0.05, 0) is 32.9 Å². The summed E-state index contributed by atoms with van der Waals surface area (Å²) in [4.78, 5) is 25.4.